The Morgan fingerprint density at radius 1 is 1.23 bits per heavy atom. The first-order valence-corrected chi connectivity index (χ1v) is 10.1. The SMILES string of the molecule is CCc1ccccc1NC(=O)CNC(=O)CSc1nnc(OC(C)C)s1. The van der Waals surface area contributed by atoms with Crippen LogP contribution in [0.15, 0.2) is 28.6 Å². The molecule has 0 spiro atoms. The van der Waals surface area contributed by atoms with Crippen LogP contribution in [0, 0.1) is 0 Å². The third-order valence-electron chi connectivity index (χ3n) is 3.17. The van der Waals surface area contributed by atoms with Gasteiger partial charge in [0.2, 0.25) is 11.8 Å². The lowest BCUT2D eigenvalue weighted by Gasteiger charge is -2.10. The molecular weight excluding hydrogens is 372 g/mol. The third kappa shape index (κ3) is 6.64. The van der Waals surface area contributed by atoms with Crippen molar-refractivity contribution in [3.05, 3.63) is 29.8 Å². The Bertz CT molecular complexity index is 749. The molecule has 0 atom stereocenters. The summed E-state index contributed by atoms with van der Waals surface area (Å²) in [6.07, 6.45) is 0.851. The molecule has 0 saturated heterocycles. The molecule has 2 amide bonds. The van der Waals surface area contributed by atoms with Crippen LogP contribution in [0.25, 0.3) is 0 Å². The topological polar surface area (TPSA) is 93.2 Å². The van der Waals surface area contributed by atoms with E-state index in [2.05, 4.69) is 20.8 Å². The van der Waals surface area contributed by atoms with Crippen molar-refractivity contribution in [1.29, 1.82) is 0 Å². The lowest BCUT2D eigenvalue weighted by Crippen LogP contribution is -2.34. The van der Waals surface area contributed by atoms with E-state index >= 15 is 0 Å². The van der Waals surface area contributed by atoms with Crippen molar-refractivity contribution in [1.82, 2.24) is 15.5 Å². The number of amides is 2. The van der Waals surface area contributed by atoms with E-state index in [9.17, 15) is 9.59 Å². The smallest absolute Gasteiger partial charge is 0.295 e. The third-order valence-corrected chi connectivity index (χ3v) is 5.12. The van der Waals surface area contributed by atoms with E-state index < -0.39 is 0 Å². The van der Waals surface area contributed by atoms with Crippen molar-refractivity contribution < 1.29 is 14.3 Å². The minimum atomic E-state index is -0.257. The molecule has 1 heterocycles. The van der Waals surface area contributed by atoms with Crippen LogP contribution >= 0.6 is 23.1 Å². The molecule has 0 unspecified atom stereocenters. The maximum atomic E-state index is 12.0. The Hall–Kier alpha value is -2.13. The highest BCUT2D eigenvalue weighted by Crippen LogP contribution is 2.27. The molecule has 0 radical (unpaired) electrons. The molecule has 0 saturated carbocycles. The molecule has 0 aliphatic carbocycles. The number of carbonyl (C=O) groups excluding carboxylic acids is 2. The molecule has 0 bridgehead atoms. The second-order valence-corrected chi connectivity index (χ2v) is 7.79. The number of carbonyl (C=O) groups is 2. The summed E-state index contributed by atoms with van der Waals surface area (Å²) >= 11 is 2.55. The molecule has 1 aromatic heterocycles. The molecule has 26 heavy (non-hydrogen) atoms. The highest BCUT2D eigenvalue weighted by atomic mass is 32.2. The number of rotatable bonds is 9. The summed E-state index contributed by atoms with van der Waals surface area (Å²) in [7, 11) is 0. The molecule has 2 rings (SSSR count). The Morgan fingerprint density at radius 2 is 2.00 bits per heavy atom. The van der Waals surface area contributed by atoms with Gasteiger partial charge in [-0.05, 0) is 43.2 Å². The fourth-order valence-corrected chi connectivity index (χ4v) is 3.64. The van der Waals surface area contributed by atoms with Crippen LogP contribution in [0.3, 0.4) is 0 Å². The first-order chi connectivity index (χ1) is 12.5. The number of hydrogen-bond donors (Lipinski definition) is 2. The summed E-state index contributed by atoms with van der Waals surface area (Å²) < 4.78 is 6.08. The van der Waals surface area contributed by atoms with E-state index in [1.165, 1.54) is 23.1 Å². The number of thioether (sulfide) groups is 1. The van der Waals surface area contributed by atoms with Gasteiger partial charge in [-0.3, -0.25) is 9.59 Å². The average molecular weight is 395 g/mol. The first-order valence-electron chi connectivity index (χ1n) is 8.25. The average Bonchev–Trinajstić information content (AvgIpc) is 3.05. The van der Waals surface area contributed by atoms with Crippen molar-refractivity contribution in [3.63, 3.8) is 0 Å². The lowest BCUT2D eigenvalue weighted by molar-refractivity contribution is -0.122. The highest BCUT2D eigenvalue weighted by molar-refractivity contribution is 8.01. The van der Waals surface area contributed by atoms with Crippen molar-refractivity contribution in [2.24, 2.45) is 0 Å². The highest BCUT2D eigenvalue weighted by Gasteiger charge is 2.11. The molecule has 0 aliphatic heterocycles. The first kappa shape index (κ1) is 20.2. The summed E-state index contributed by atoms with van der Waals surface area (Å²) in [4.78, 5) is 23.9. The molecule has 7 nitrogen and oxygen atoms in total. The lowest BCUT2D eigenvalue weighted by atomic mass is 10.1. The number of anilines is 1. The Labute approximate surface area is 160 Å². The summed E-state index contributed by atoms with van der Waals surface area (Å²) in [5, 5.41) is 13.8. The van der Waals surface area contributed by atoms with Crippen LogP contribution in [0.1, 0.15) is 26.3 Å². The summed E-state index contributed by atoms with van der Waals surface area (Å²) in [5.41, 5.74) is 1.83. The number of nitrogens with zero attached hydrogens (tertiary/aromatic N) is 2. The van der Waals surface area contributed by atoms with Gasteiger partial charge in [0.25, 0.3) is 5.19 Å². The standard InChI is InChI=1S/C17H22N4O3S2/c1-4-12-7-5-6-8-13(12)19-14(22)9-18-15(23)10-25-17-21-20-16(26-17)24-11(2)3/h5-8,11H,4,9-10H2,1-3H3,(H,18,23)(H,19,22). The van der Waals surface area contributed by atoms with Crippen LogP contribution < -0.4 is 15.4 Å². The Morgan fingerprint density at radius 3 is 2.73 bits per heavy atom. The monoisotopic (exact) mass is 394 g/mol. The van der Waals surface area contributed by atoms with E-state index in [-0.39, 0.29) is 30.2 Å². The second kappa shape index (κ2) is 10.1. The van der Waals surface area contributed by atoms with Gasteiger partial charge in [-0.15, -0.1) is 5.10 Å². The zero-order valence-electron chi connectivity index (χ0n) is 14.9. The zero-order valence-corrected chi connectivity index (χ0v) is 16.6. The van der Waals surface area contributed by atoms with Crippen molar-refractivity contribution in [2.45, 2.75) is 37.6 Å². The van der Waals surface area contributed by atoms with E-state index in [1.807, 2.05) is 45.0 Å². The number of benzene rings is 1. The predicted octanol–water partition coefficient (Wildman–Crippen LogP) is 2.73. The van der Waals surface area contributed by atoms with Gasteiger partial charge in [0.15, 0.2) is 4.34 Å². The van der Waals surface area contributed by atoms with Gasteiger partial charge in [-0.1, -0.05) is 42.0 Å². The van der Waals surface area contributed by atoms with Crippen LogP contribution in [0.4, 0.5) is 5.69 Å². The van der Waals surface area contributed by atoms with Crippen LogP contribution in [0.2, 0.25) is 0 Å². The number of aromatic nitrogens is 2. The minimum absolute atomic E-state index is 0.0282. The van der Waals surface area contributed by atoms with E-state index in [4.69, 9.17) is 4.74 Å². The molecule has 2 N–H and O–H groups in total. The molecule has 0 aliphatic rings. The van der Waals surface area contributed by atoms with Gasteiger partial charge in [0.05, 0.1) is 18.4 Å². The minimum Gasteiger partial charge on any atom is -0.466 e. The maximum Gasteiger partial charge on any atom is 0.295 e. The quantitative estimate of drug-likeness (QED) is 0.635. The number of hydrogen-bond acceptors (Lipinski definition) is 7. The van der Waals surface area contributed by atoms with Crippen molar-refractivity contribution in [2.75, 3.05) is 17.6 Å². The predicted molar refractivity (Wildman–Crippen MR) is 104 cm³/mol. The fourth-order valence-electron chi connectivity index (χ4n) is 2.01. The van der Waals surface area contributed by atoms with E-state index in [0.29, 0.717) is 9.53 Å². The van der Waals surface area contributed by atoms with E-state index in [1.54, 1.807) is 0 Å². The van der Waals surface area contributed by atoms with Crippen LogP contribution in [-0.2, 0) is 16.0 Å². The van der Waals surface area contributed by atoms with Gasteiger partial charge >= 0.3 is 0 Å². The normalized spacial score (nSPS) is 10.6. The largest absolute Gasteiger partial charge is 0.466 e. The molecule has 2 aromatic rings. The molecule has 9 heteroatoms. The summed E-state index contributed by atoms with van der Waals surface area (Å²) in [6.45, 7) is 5.77. The van der Waals surface area contributed by atoms with Crippen molar-refractivity contribution in [3.8, 4) is 5.19 Å². The van der Waals surface area contributed by atoms with Gasteiger partial charge in [-0.25, -0.2) is 0 Å². The second-order valence-electron chi connectivity index (χ2n) is 5.62. The fraction of sp³-hybridized carbons (Fsp3) is 0.412. The van der Waals surface area contributed by atoms with Gasteiger partial charge in [-0.2, -0.15) is 0 Å². The maximum absolute atomic E-state index is 12.0. The molecular formula is C17H22N4O3S2. The number of aryl methyl sites for hydroxylation is 1. The van der Waals surface area contributed by atoms with Crippen LogP contribution in [-0.4, -0.2) is 40.4 Å². The molecule has 140 valence electrons. The van der Waals surface area contributed by atoms with Crippen molar-refractivity contribution >= 4 is 40.6 Å². The van der Waals surface area contributed by atoms with Gasteiger partial charge in [0, 0.05) is 5.69 Å². The molecule has 0 fully saturated rings. The Balaban J connectivity index is 1.72. The van der Waals surface area contributed by atoms with Crippen LogP contribution in [0.5, 0.6) is 5.19 Å². The van der Waals surface area contributed by atoms with E-state index in [0.717, 1.165) is 17.7 Å². The van der Waals surface area contributed by atoms with Gasteiger partial charge in [0.1, 0.15) is 0 Å². The summed E-state index contributed by atoms with van der Waals surface area (Å²) in [6, 6.07) is 7.60. The zero-order chi connectivity index (χ0) is 18.9. The Kier molecular flexibility index (Phi) is 7.86. The summed E-state index contributed by atoms with van der Waals surface area (Å²) in [5.74, 6) is -0.335. The van der Waals surface area contributed by atoms with Gasteiger partial charge < -0.3 is 15.4 Å². The number of para-hydroxylation sites is 1. The number of ether oxygens (including phenoxy) is 1. The number of nitrogens with one attached hydrogen (secondary N) is 2. The molecule has 1 aromatic carbocycles.